The number of aliphatic hydroxyl groups is 5. The van der Waals surface area contributed by atoms with Crippen molar-refractivity contribution in [3.63, 3.8) is 0 Å². The van der Waals surface area contributed by atoms with Crippen molar-refractivity contribution in [2.24, 2.45) is 0 Å². The smallest absolute Gasteiger partial charge is 0.305 e. The number of carbonyl (C=O) groups excluding carboxylic acids is 2. The van der Waals surface area contributed by atoms with Gasteiger partial charge in [0.1, 0.15) is 24.4 Å². The highest BCUT2D eigenvalue weighted by molar-refractivity contribution is 5.76. The van der Waals surface area contributed by atoms with Crippen LogP contribution < -0.4 is 5.32 Å². The minimum atomic E-state index is -1.58. The molecule has 82 heavy (non-hydrogen) atoms. The predicted octanol–water partition coefficient (Wildman–Crippen LogP) is 16.9. The predicted molar refractivity (Wildman–Crippen MR) is 342 cm³/mol. The number of aliphatic hydroxyl groups excluding tert-OH is 5. The first-order valence-electron chi connectivity index (χ1n) is 33.9. The molecule has 11 heteroatoms. The normalized spacial score (nSPS) is 18.7. The Bertz CT molecular complexity index is 1640. The maximum atomic E-state index is 13.0. The van der Waals surface area contributed by atoms with E-state index in [0.29, 0.717) is 19.4 Å². The molecule has 1 rings (SSSR count). The zero-order valence-corrected chi connectivity index (χ0v) is 52.4. The Morgan fingerprint density at radius 2 is 0.841 bits per heavy atom. The van der Waals surface area contributed by atoms with Crippen molar-refractivity contribution in [2.45, 2.75) is 333 Å². The zero-order valence-electron chi connectivity index (χ0n) is 52.4. The molecule has 1 heterocycles. The average molecular weight is 1150 g/mol. The summed E-state index contributed by atoms with van der Waals surface area (Å²) in [5.41, 5.74) is 0. The fourth-order valence-electron chi connectivity index (χ4n) is 10.0. The maximum absolute atomic E-state index is 13.0. The van der Waals surface area contributed by atoms with Gasteiger partial charge in [-0.05, 0) is 116 Å². The van der Waals surface area contributed by atoms with Crippen molar-refractivity contribution < 1.29 is 49.3 Å². The van der Waals surface area contributed by atoms with Crippen LogP contribution in [0.15, 0.2) is 85.1 Å². The van der Waals surface area contributed by atoms with Gasteiger partial charge in [0, 0.05) is 12.8 Å². The second kappa shape index (κ2) is 59.6. The van der Waals surface area contributed by atoms with Gasteiger partial charge in [-0.1, -0.05) is 247 Å². The standard InChI is InChI=1S/C71H125NO10/c1-3-5-7-9-11-13-15-17-35-39-43-47-51-55-59-67(76)80-60-56-52-48-44-40-36-32-30-28-26-24-22-20-18-19-21-23-25-27-29-31-34-38-42-46-50-54-58-66(75)72-63(62-81-71-70(79)69(78)68(77)65(61-73)82-71)64(74)57-53-49-45-41-37-33-16-14-12-10-8-6-4-2/h9,11-12,14-15,17-19,22,24,37,41,53,57,63-65,68-71,73-74,77-79H,3-8,10,13,16,20-21,23,25-36,38-40,42-52,54-56,58-62H2,1-2H3,(H,72,75)/b11-9-,14-12+,17-15-,19-18-,24-22-,41-37+,57-53+. The molecule has 0 aromatic heterocycles. The number of carbonyl (C=O) groups is 2. The number of unbranched alkanes of at least 4 members (excludes halogenated alkanes) is 32. The van der Waals surface area contributed by atoms with Gasteiger partial charge in [0.25, 0.3) is 0 Å². The molecule has 1 aliphatic rings. The summed E-state index contributed by atoms with van der Waals surface area (Å²) in [7, 11) is 0. The molecular weight excluding hydrogens is 1030 g/mol. The molecule has 0 aliphatic carbocycles. The van der Waals surface area contributed by atoms with E-state index in [1.165, 1.54) is 161 Å². The topological polar surface area (TPSA) is 175 Å². The van der Waals surface area contributed by atoms with Crippen LogP contribution in [0, 0.1) is 0 Å². The van der Waals surface area contributed by atoms with Gasteiger partial charge in [-0.25, -0.2) is 0 Å². The van der Waals surface area contributed by atoms with Crippen LogP contribution in [0.2, 0.25) is 0 Å². The lowest BCUT2D eigenvalue weighted by atomic mass is 9.99. The minimum absolute atomic E-state index is 0.0150. The molecule has 474 valence electrons. The van der Waals surface area contributed by atoms with Gasteiger partial charge in [-0.2, -0.15) is 0 Å². The van der Waals surface area contributed by atoms with E-state index in [4.69, 9.17) is 14.2 Å². The number of allylic oxidation sites excluding steroid dienone is 13. The summed E-state index contributed by atoms with van der Waals surface area (Å²) in [5.74, 6) is -0.216. The number of nitrogens with one attached hydrogen (secondary N) is 1. The quantitative estimate of drug-likeness (QED) is 0.0195. The highest BCUT2D eigenvalue weighted by Gasteiger charge is 2.44. The third kappa shape index (κ3) is 48.1. The fraction of sp³-hybridized carbons (Fsp3) is 0.775. The number of ether oxygens (including phenoxy) is 3. The van der Waals surface area contributed by atoms with Crippen molar-refractivity contribution in [1.29, 1.82) is 0 Å². The summed E-state index contributed by atoms with van der Waals surface area (Å²) in [4.78, 5) is 25.1. The lowest BCUT2D eigenvalue weighted by Crippen LogP contribution is -2.60. The Morgan fingerprint density at radius 3 is 1.32 bits per heavy atom. The Balaban J connectivity index is 2.03. The second-order valence-electron chi connectivity index (χ2n) is 23.1. The largest absolute Gasteiger partial charge is 0.466 e. The summed E-state index contributed by atoms with van der Waals surface area (Å²) in [6.45, 7) is 4.24. The summed E-state index contributed by atoms with van der Waals surface area (Å²) >= 11 is 0. The molecule has 0 saturated carbocycles. The third-order valence-electron chi connectivity index (χ3n) is 15.4. The van der Waals surface area contributed by atoms with E-state index in [0.717, 1.165) is 103 Å². The van der Waals surface area contributed by atoms with Crippen LogP contribution in [-0.4, -0.2) is 100 Å². The molecule has 0 aromatic carbocycles. The molecule has 6 N–H and O–H groups in total. The van der Waals surface area contributed by atoms with E-state index < -0.39 is 49.5 Å². The molecular formula is C71H125NO10. The van der Waals surface area contributed by atoms with E-state index in [1.807, 2.05) is 6.08 Å². The first kappa shape index (κ1) is 76.9. The van der Waals surface area contributed by atoms with Gasteiger partial charge in [-0.15, -0.1) is 0 Å². The number of rotatable bonds is 58. The lowest BCUT2D eigenvalue weighted by Gasteiger charge is -2.40. The van der Waals surface area contributed by atoms with Crippen molar-refractivity contribution in [1.82, 2.24) is 5.32 Å². The molecule has 0 bridgehead atoms. The van der Waals surface area contributed by atoms with Crippen molar-refractivity contribution in [3.05, 3.63) is 85.1 Å². The average Bonchev–Trinajstić information content (AvgIpc) is 3.64. The lowest BCUT2D eigenvalue weighted by molar-refractivity contribution is -0.302. The van der Waals surface area contributed by atoms with Gasteiger partial charge < -0.3 is 45.1 Å². The number of amides is 1. The Kier molecular flexibility index (Phi) is 55.8. The number of hydrogen-bond donors (Lipinski definition) is 6. The maximum Gasteiger partial charge on any atom is 0.305 e. The molecule has 1 saturated heterocycles. The first-order valence-corrected chi connectivity index (χ1v) is 33.9. The molecule has 7 atom stereocenters. The third-order valence-corrected chi connectivity index (χ3v) is 15.4. The van der Waals surface area contributed by atoms with Gasteiger partial charge in [0.15, 0.2) is 6.29 Å². The minimum Gasteiger partial charge on any atom is -0.466 e. The molecule has 1 amide bonds. The summed E-state index contributed by atoms with van der Waals surface area (Å²) in [6.07, 6.45) is 71.3. The van der Waals surface area contributed by atoms with Crippen LogP contribution in [-0.2, 0) is 23.8 Å². The summed E-state index contributed by atoms with van der Waals surface area (Å²) < 4.78 is 16.7. The van der Waals surface area contributed by atoms with Gasteiger partial charge in [-0.3, -0.25) is 9.59 Å². The zero-order chi connectivity index (χ0) is 59.5. The Morgan fingerprint density at radius 1 is 0.451 bits per heavy atom. The molecule has 1 aliphatic heterocycles. The summed E-state index contributed by atoms with van der Waals surface area (Å²) in [6, 6.07) is -0.839. The van der Waals surface area contributed by atoms with Crippen LogP contribution >= 0.6 is 0 Å². The molecule has 7 unspecified atom stereocenters. The molecule has 1 fully saturated rings. The Labute approximate surface area is 502 Å². The van der Waals surface area contributed by atoms with Crippen molar-refractivity contribution in [3.8, 4) is 0 Å². The van der Waals surface area contributed by atoms with Crippen molar-refractivity contribution in [2.75, 3.05) is 19.8 Å². The number of esters is 1. The monoisotopic (exact) mass is 1150 g/mol. The van der Waals surface area contributed by atoms with Crippen LogP contribution in [0.1, 0.15) is 290 Å². The van der Waals surface area contributed by atoms with E-state index in [2.05, 4.69) is 92.1 Å². The molecule has 0 aromatic rings. The molecule has 0 spiro atoms. The van der Waals surface area contributed by atoms with E-state index in [9.17, 15) is 35.1 Å². The first-order chi connectivity index (χ1) is 40.2. The number of hydrogen-bond acceptors (Lipinski definition) is 10. The fourth-order valence-corrected chi connectivity index (χ4v) is 10.0. The van der Waals surface area contributed by atoms with Crippen molar-refractivity contribution >= 4 is 11.9 Å². The molecule has 0 radical (unpaired) electrons. The van der Waals surface area contributed by atoms with Crippen LogP contribution in [0.4, 0.5) is 0 Å². The van der Waals surface area contributed by atoms with E-state index in [1.54, 1.807) is 6.08 Å². The highest BCUT2D eigenvalue weighted by atomic mass is 16.7. The SMILES string of the molecule is CCCC/C=C\C/C=C\CCCCCCCC(=O)OCCCCCCCCCCC/C=C\C/C=C\CCCCCCCCCCCCCC(=O)NC(COC1OC(CO)C(O)C(O)C1O)C(O)/C=C/CC/C=C/CC/C=C/CCCCC. The van der Waals surface area contributed by atoms with Gasteiger partial charge in [0.2, 0.25) is 5.91 Å². The van der Waals surface area contributed by atoms with Crippen LogP contribution in [0.3, 0.4) is 0 Å². The second-order valence-corrected chi connectivity index (χ2v) is 23.1. The summed E-state index contributed by atoms with van der Waals surface area (Å²) in [5, 5.41) is 54.4. The van der Waals surface area contributed by atoms with Crippen LogP contribution in [0.25, 0.3) is 0 Å². The van der Waals surface area contributed by atoms with Gasteiger partial charge >= 0.3 is 5.97 Å². The highest BCUT2D eigenvalue weighted by Crippen LogP contribution is 2.23. The van der Waals surface area contributed by atoms with E-state index in [-0.39, 0.29) is 18.5 Å². The molecule has 11 nitrogen and oxygen atoms in total. The van der Waals surface area contributed by atoms with Gasteiger partial charge in [0.05, 0.1) is 32.0 Å². The Hall–Kier alpha value is -3.16. The van der Waals surface area contributed by atoms with E-state index >= 15 is 0 Å². The van der Waals surface area contributed by atoms with Crippen LogP contribution in [0.5, 0.6) is 0 Å².